The highest BCUT2D eigenvalue weighted by Gasteiger charge is 2.24. The molecule has 0 unspecified atom stereocenters. The second-order valence-corrected chi connectivity index (χ2v) is 13.1. The Morgan fingerprint density at radius 3 is 2.02 bits per heavy atom. The Kier molecular flexibility index (Phi) is 4.96. The van der Waals surface area contributed by atoms with Crippen molar-refractivity contribution in [2.45, 2.75) is 0 Å². The molecule has 0 radical (unpaired) electrons. The fraction of sp³-hybridized carbons (Fsp3) is 0. The third-order valence-corrected chi connectivity index (χ3v) is 10.8. The normalized spacial score (nSPS) is 12.3. The molecule has 0 spiro atoms. The van der Waals surface area contributed by atoms with Crippen LogP contribution < -0.4 is 0 Å². The van der Waals surface area contributed by atoms with Crippen molar-refractivity contribution >= 4 is 91.7 Å². The maximum atomic E-state index is 6.45. The van der Waals surface area contributed by atoms with Crippen LogP contribution in [0, 0.1) is 0 Å². The summed E-state index contributed by atoms with van der Waals surface area (Å²) in [7, 11) is 0. The number of rotatable bonds is 2. The number of thiophene rings is 1. The summed E-state index contributed by atoms with van der Waals surface area (Å²) in [5, 5.41) is 8.23. The van der Waals surface area contributed by atoms with Gasteiger partial charge >= 0.3 is 0 Å². The van der Waals surface area contributed by atoms with Crippen LogP contribution in [-0.4, -0.2) is 14.4 Å². The van der Waals surface area contributed by atoms with Crippen LogP contribution in [0.25, 0.3) is 103 Å². The second-order valence-electron chi connectivity index (χ2n) is 12.1. The standard InChI is InChI=1S/C42H23N3OS/c1-2-12-24(13-3-1)37-40-38(29-18-8-11-21-33(29)46-40)44-42(43-37)30-22-23-34-36-35(30)27-16-5-4-14-25(27)26-15-6-9-19-31(26)45-32-20-10-7-17-28(32)41(47-34)39(36)45/h1-23H. The van der Waals surface area contributed by atoms with E-state index in [0.717, 1.165) is 38.7 Å². The van der Waals surface area contributed by atoms with Crippen LogP contribution in [0.3, 0.4) is 0 Å². The van der Waals surface area contributed by atoms with Gasteiger partial charge in [-0.3, -0.25) is 0 Å². The Morgan fingerprint density at radius 2 is 1.19 bits per heavy atom. The first-order valence-corrected chi connectivity index (χ1v) is 16.6. The van der Waals surface area contributed by atoms with Crippen LogP contribution in [0.15, 0.2) is 144 Å². The molecule has 0 aliphatic carbocycles. The Hall–Kier alpha value is -6.04. The fourth-order valence-electron chi connectivity index (χ4n) is 7.60. The van der Waals surface area contributed by atoms with E-state index in [2.05, 4.69) is 108 Å². The van der Waals surface area contributed by atoms with E-state index in [1.165, 1.54) is 52.9 Å². The lowest BCUT2D eigenvalue weighted by molar-refractivity contribution is 0.667. The monoisotopic (exact) mass is 617 g/mol. The minimum absolute atomic E-state index is 0.686. The van der Waals surface area contributed by atoms with Crippen molar-refractivity contribution in [3.05, 3.63) is 140 Å². The van der Waals surface area contributed by atoms with Crippen LogP contribution in [0.1, 0.15) is 0 Å². The molecule has 6 aromatic carbocycles. The van der Waals surface area contributed by atoms with Gasteiger partial charge in [0.25, 0.3) is 0 Å². The molecule has 0 atom stereocenters. The SMILES string of the molecule is c1ccc(-c2nc(-c3ccc4sc5c6ccccc6n6c7ccccc7c7ccccc7c3c4c56)nc3c2oc2ccccc23)cc1. The highest BCUT2D eigenvalue weighted by atomic mass is 32.1. The summed E-state index contributed by atoms with van der Waals surface area (Å²) in [6.07, 6.45) is 0. The van der Waals surface area contributed by atoms with E-state index in [4.69, 9.17) is 14.4 Å². The number of hydrogen-bond donors (Lipinski definition) is 0. The predicted molar refractivity (Wildman–Crippen MR) is 197 cm³/mol. The van der Waals surface area contributed by atoms with E-state index >= 15 is 0 Å². The third-order valence-electron chi connectivity index (χ3n) is 9.58. The highest BCUT2D eigenvalue weighted by Crippen LogP contribution is 2.48. The fourth-order valence-corrected chi connectivity index (χ4v) is 8.83. The van der Waals surface area contributed by atoms with Gasteiger partial charge in [0.05, 0.1) is 21.3 Å². The molecule has 4 nitrogen and oxygen atoms in total. The quantitative estimate of drug-likeness (QED) is 0.194. The topological polar surface area (TPSA) is 43.3 Å². The van der Waals surface area contributed by atoms with E-state index < -0.39 is 0 Å². The summed E-state index contributed by atoms with van der Waals surface area (Å²) < 4.78 is 11.5. The molecule has 11 rings (SSSR count). The molecule has 0 amide bonds. The van der Waals surface area contributed by atoms with Gasteiger partial charge in [-0.05, 0) is 47.2 Å². The van der Waals surface area contributed by atoms with Crippen molar-refractivity contribution in [1.29, 1.82) is 0 Å². The summed E-state index contributed by atoms with van der Waals surface area (Å²) >= 11 is 1.87. The third kappa shape index (κ3) is 3.36. The Bertz CT molecular complexity index is 3080. The maximum absolute atomic E-state index is 6.45. The lowest BCUT2D eigenvalue weighted by Crippen LogP contribution is -1.95. The summed E-state index contributed by atoms with van der Waals surface area (Å²) in [6, 6.07) is 49.3. The minimum atomic E-state index is 0.686. The summed E-state index contributed by atoms with van der Waals surface area (Å²) in [4.78, 5) is 10.7. The van der Waals surface area contributed by atoms with Crippen molar-refractivity contribution in [3.8, 4) is 22.6 Å². The molecular weight excluding hydrogens is 595 g/mol. The molecule has 0 saturated carbocycles. The maximum Gasteiger partial charge on any atom is 0.180 e. The van der Waals surface area contributed by atoms with Gasteiger partial charge in [-0.25, -0.2) is 9.97 Å². The van der Waals surface area contributed by atoms with Gasteiger partial charge in [-0.1, -0.05) is 103 Å². The van der Waals surface area contributed by atoms with Gasteiger partial charge in [-0.15, -0.1) is 11.3 Å². The van der Waals surface area contributed by atoms with Crippen LogP contribution in [0.4, 0.5) is 0 Å². The van der Waals surface area contributed by atoms with E-state index in [1.54, 1.807) is 0 Å². The molecule has 5 aromatic heterocycles. The van der Waals surface area contributed by atoms with Gasteiger partial charge in [0.2, 0.25) is 0 Å². The largest absolute Gasteiger partial charge is 0.452 e. The molecule has 0 fully saturated rings. The van der Waals surface area contributed by atoms with Gasteiger partial charge in [0.1, 0.15) is 16.8 Å². The molecule has 0 N–H and O–H groups in total. The van der Waals surface area contributed by atoms with Crippen molar-refractivity contribution < 1.29 is 4.42 Å². The van der Waals surface area contributed by atoms with Gasteiger partial charge in [0, 0.05) is 42.8 Å². The zero-order valence-electron chi connectivity index (χ0n) is 24.9. The molecule has 0 saturated heterocycles. The van der Waals surface area contributed by atoms with Gasteiger partial charge in [0.15, 0.2) is 11.4 Å². The van der Waals surface area contributed by atoms with E-state index in [-0.39, 0.29) is 0 Å². The van der Waals surface area contributed by atoms with Crippen molar-refractivity contribution in [1.82, 2.24) is 14.4 Å². The Balaban J connectivity index is 1.41. The van der Waals surface area contributed by atoms with Crippen LogP contribution in [0.2, 0.25) is 0 Å². The van der Waals surface area contributed by atoms with E-state index in [0.29, 0.717) is 11.4 Å². The molecule has 0 bridgehead atoms. The Labute approximate surface area is 271 Å². The molecule has 5 heteroatoms. The summed E-state index contributed by atoms with van der Waals surface area (Å²) in [5.41, 5.74) is 8.78. The smallest absolute Gasteiger partial charge is 0.180 e. The first-order chi connectivity index (χ1) is 23.3. The average Bonchev–Trinajstić information content (AvgIpc) is 3.79. The van der Waals surface area contributed by atoms with Gasteiger partial charge in [-0.2, -0.15) is 0 Å². The zero-order valence-corrected chi connectivity index (χ0v) is 25.8. The van der Waals surface area contributed by atoms with Crippen LogP contribution in [0.5, 0.6) is 0 Å². The summed E-state index contributed by atoms with van der Waals surface area (Å²) in [5.74, 6) is 0.686. The zero-order chi connectivity index (χ0) is 30.6. The van der Waals surface area contributed by atoms with Crippen LogP contribution >= 0.6 is 11.3 Å². The highest BCUT2D eigenvalue weighted by molar-refractivity contribution is 7.27. The summed E-state index contributed by atoms with van der Waals surface area (Å²) in [6.45, 7) is 0. The van der Waals surface area contributed by atoms with Crippen molar-refractivity contribution in [2.24, 2.45) is 0 Å². The molecule has 5 heterocycles. The molecule has 11 aromatic rings. The first-order valence-electron chi connectivity index (χ1n) is 15.8. The number of benzene rings is 6. The lowest BCUT2D eigenvalue weighted by atomic mass is 9.97. The van der Waals surface area contributed by atoms with E-state index in [9.17, 15) is 0 Å². The molecule has 0 aliphatic heterocycles. The molecular formula is C42H23N3OS. The molecule has 0 aliphatic rings. The molecule has 47 heavy (non-hydrogen) atoms. The lowest BCUT2D eigenvalue weighted by Gasteiger charge is -2.13. The number of nitrogens with zero attached hydrogens (tertiary/aromatic N) is 3. The number of aromatic nitrogens is 3. The van der Waals surface area contributed by atoms with Crippen molar-refractivity contribution in [2.75, 3.05) is 0 Å². The molecule has 218 valence electrons. The number of furan rings is 1. The van der Waals surface area contributed by atoms with E-state index in [1.807, 2.05) is 47.7 Å². The first kappa shape index (κ1) is 25.2. The number of fused-ring (bicyclic) bond motifs is 11. The number of para-hydroxylation sites is 3. The number of hydrogen-bond acceptors (Lipinski definition) is 4. The van der Waals surface area contributed by atoms with Gasteiger partial charge < -0.3 is 8.82 Å². The predicted octanol–water partition coefficient (Wildman–Crippen LogP) is 11.8. The minimum Gasteiger partial charge on any atom is -0.452 e. The second kappa shape index (κ2) is 9.25. The van der Waals surface area contributed by atoms with Crippen molar-refractivity contribution in [3.63, 3.8) is 0 Å². The average molecular weight is 618 g/mol. The van der Waals surface area contributed by atoms with Crippen LogP contribution in [-0.2, 0) is 0 Å². The Morgan fingerprint density at radius 1 is 0.532 bits per heavy atom.